The molecule has 0 saturated heterocycles. The van der Waals surface area contributed by atoms with Crippen LogP contribution in [0.4, 0.5) is 4.39 Å². The number of amidine groups is 2. The number of carbonyl (C=O) groups excluding carboxylic acids is 2. The lowest BCUT2D eigenvalue weighted by Crippen LogP contribution is -2.35. The van der Waals surface area contributed by atoms with Gasteiger partial charge in [0.2, 0.25) is 19.4 Å². The van der Waals surface area contributed by atoms with E-state index < -0.39 is 27.5 Å². The van der Waals surface area contributed by atoms with Gasteiger partial charge in [0, 0.05) is 0 Å². The largest absolute Gasteiger partial charge is 0.493 e. The molecule has 0 atom stereocenters. The number of halogens is 1. The number of sulfone groups is 1. The number of carbonyl (C=O) groups is 2. The Balaban J connectivity index is 1.60. The third-order valence-electron chi connectivity index (χ3n) is 5.05. The van der Waals surface area contributed by atoms with Crippen molar-refractivity contribution in [3.63, 3.8) is 0 Å². The van der Waals surface area contributed by atoms with Crippen molar-refractivity contribution in [2.45, 2.75) is 13.8 Å². The Labute approximate surface area is 216 Å². The maximum absolute atomic E-state index is 13.9. The number of fused-ring (bicyclic) bond motifs is 1. The van der Waals surface area contributed by atoms with Crippen molar-refractivity contribution in [3.05, 3.63) is 65.0 Å². The van der Waals surface area contributed by atoms with E-state index in [0.29, 0.717) is 5.56 Å². The van der Waals surface area contributed by atoms with Gasteiger partial charge < -0.3 is 9.47 Å². The number of hydrogen-bond acceptors (Lipinski definition) is 9. The molecule has 0 fully saturated rings. The summed E-state index contributed by atoms with van der Waals surface area (Å²) < 4.78 is 49.4. The summed E-state index contributed by atoms with van der Waals surface area (Å²) in [7, 11) is -2.36. The van der Waals surface area contributed by atoms with Gasteiger partial charge in [-0.3, -0.25) is 10.2 Å². The van der Waals surface area contributed by atoms with Crippen molar-refractivity contribution < 1.29 is 31.9 Å². The molecule has 13 heteroatoms. The molecule has 1 N–H and O–H groups in total. The van der Waals surface area contributed by atoms with Crippen molar-refractivity contribution in [1.29, 1.82) is 5.41 Å². The zero-order valence-electron chi connectivity index (χ0n) is 19.9. The summed E-state index contributed by atoms with van der Waals surface area (Å²) in [5.74, 6) is -2.85. The van der Waals surface area contributed by atoms with E-state index >= 15 is 0 Å². The molecule has 2 aliphatic rings. The number of amides is 1. The predicted molar refractivity (Wildman–Crippen MR) is 138 cm³/mol. The van der Waals surface area contributed by atoms with E-state index in [2.05, 4.69) is 10.1 Å². The molecule has 2 heterocycles. The molecule has 0 aromatic heterocycles. The molecule has 4 rings (SSSR count). The van der Waals surface area contributed by atoms with E-state index in [9.17, 15) is 22.4 Å². The van der Waals surface area contributed by atoms with Crippen LogP contribution in [-0.4, -0.2) is 53.5 Å². The number of esters is 1. The molecule has 2 aliphatic heterocycles. The van der Waals surface area contributed by atoms with Crippen LogP contribution in [-0.2, 0) is 14.6 Å². The number of benzene rings is 2. The molecule has 0 spiro atoms. The van der Waals surface area contributed by atoms with E-state index in [4.69, 9.17) is 14.9 Å². The minimum atomic E-state index is -3.70. The number of ether oxygens (including phenoxy) is 2. The standard InChI is InChI=1S/C24H21FN4O6S2/c1-13(2)12-37(32,33)24-28-29-20(26)16(21(30)27-23(29)36-24)10-14-8-9-18(19(11-14)34-3)35-22(31)15-6-4-5-7-17(15)25/h4-11,13,26H,12H2,1-3H3/b16-10+,26-20?. The summed E-state index contributed by atoms with van der Waals surface area (Å²) in [6.07, 6.45) is 1.36. The lowest BCUT2D eigenvalue weighted by molar-refractivity contribution is -0.114. The molecule has 10 nitrogen and oxygen atoms in total. The Morgan fingerprint density at radius 2 is 1.95 bits per heavy atom. The zero-order chi connectivity index (χ0) is 26.9. The Hall–Kier alpha value is -3.84. The van der Waals surface area contributed by atoms with Crippen LogP contribution in [0.15, 0.2) is 58.1 Å². The summed E-state index contributed by atoms with van der Waals surface area (Å²) in [4.78, 5) is 28.9. The first kappa shape index (κ1) is 26.2. The molecular weight excluding hydrogens is 523 g/mol. The molecule has 192 valence electrons. The van der Waals surface area contributed by atoms with Crippen LogP contribution in [0.1, 0.15) is 29.8 Å². The SMILES string of the molecule is COc1cc(/C=C2\C(=N)N3N=C(S(=O)(=O)CC(C)C)SC3=NC2=O)ccc1OC(=O)c1ccccc1F. The smallest absolute Gasteiger partial charge is 0.346 e. The number of aliphatic imine (C=N–C) groups is 1. The highest BCUT2D eigenvalue weighted by Crippen LogP contribution is 2.33. The van der Waals surface area contributed by atoms with Gasteiger partial charge in [-0.2, -0.15) is 10.0 Å². The van der Waals surface area contributed by atoms with Gasteiger partial charge in [-0.15, -0.1) is 5.10 Å². The summed E-state index contributed by atoms with van der Waals surface area (Å²) in [5.41, 5.74) is 0.0241. The van der Waals surface area contributed by atoms with Crippen LogP contribution >= 0.6 is 11.8 Å². The minimum absolute atomic E-state index is 0.0116. The van der Waals surface area contributed by atoms with Crippen LogP contribution in [0.3, 0.4) is 0 Å². The summed E-state index contributed by atoms with van der Waals surface area (Å²) in [6, 6.07) is 9.73. The van der Waals surface area contributed by atoms with Gasteiger partial charge in [-0.1, -0.05) is 32.0 Å². The van der Waals surface area contributed by atoms with Gasteiger partial charge in [0.15, 0.2) is 17.3 Å². The second kappa shape index (κ2) is 10.3. The Morgan fingerprint density at radius 3 is 2.62 bits per heavy atom. The molecule has 0 radical (unpaired) electrons. The van der Waals surface area contributed by atoms with Gasteiger partial charge in [0.25, 0.3) is 5.91 Å². The fourth-order valence-electron chi connectivity index (χ4n) is 3.42. The second-order valence-corrected chi connectivity index (χ2v) is 11.5. The first-order valence-electron chi connectivity index (χ1n) is 10.9. The number of hydrazone groups is 1. The Kier molecular flexibility index (Phi) is 7.28. The quantitative estimate of drug-likeness (QED) is 0.330. The number of methoxy groups -OCH3 is 1. The van der Waals surface area contributed by atoms with Crippen LogP contribution in [0.5, 0.6) is 11.5 Å². The third-order valence-corrected chi connectivity index (χ3v) is 8.48. The topological polar surface area (TPSA) is 139 Å². The van der Waals surface area contributed by atoms with Gasteiger partial charge in [-0.05, 0) is 53.6 Å². The van der Waals surface area contributed by atoms with Gasteiger partial charge in [0.05, 0.1) is 24.0 Å². The Morgan fingerprint density at radius 1 is 1.22 bits per heavy atom. The maximum atomic E-state index is 13.9. The van der Waals surface area contributed by atoms with E-state index in [-0.39, 0.29) is 49.7 Å². The number of hydrogen-bond donors (Lipinski definition) is 1. The first-order chi connectivity index (χ1) is 17.5. The van der Waals surface area contributed by atoms with Crippen molar-refractivity contribution in [2.24, 2.45) is 16.0 Å². The van der Waals surface area contributed by atoms with E-state index in [1.807, 2.05) is 0 Å². The highest BCUT2D eigenvalue weighted by molar-refractivity contribution is 8.42. The summed E-state index contributed by atoms with van der Waals surface area (Å²) >= 11 is 0.726. The number of nitrogens with zero attached hydrogens (tertiary/aromatic N) is 3. The lowest BCUT2D eigenvalue weighted by Gasteiger charge is -2.20. The van der Waals surface area contributed by atoms with Crippen molar-refractivity contribution in [1.82, 2.24) is 5.01 Å². The monoisotopic (exact) mass is 544 g/mol. The molecular formula is C24H21FN4O6S2. The second-order valence-electron chi connectivity index (χ2n) is 8.34. The maximum Gasteiger partial charge on any atom is 0.346 e. The average molecular weight is 545 g/mol. The average Bonchev–Trinajstić information content (AvgIpc) is 3.27. The number of nitrogens with one attached hydrogen (secondary N) is 1. The lowest BCUT2D eigenvalue weighted by atomic mass is 10.1. The fraction of sp³-hybridized carbons (Fsp3) is 0.208. The van der Waals surface area contributed by atoms with Crippen LogP contribution in [0.25, 0.3) is 6.08 Å². The normalized spacial score (nSPS) is 16.6. The van der Waals surface area contributed by atoms with E-state index in [0.717, 1.165) is 22.8 Å². The molecule has 0 bridgehead atoms. The van der Waals surface area contributed by atoms with Crippen LogP contribution < -0.4 is 9.47 Å². The van der Waals surface area contributed by atoms with E-state index in [1.54, 1.807) is 13.8 Å². The zero-order valence-corrected chi connectivity index (χ0v) is 21.5. The highest BCUT2D eigenvalue weighted by Gasteiger charge is 2.39. The molecule has 0 saturated carbocycles. The van der Waals surface area contributed by atoms with Gasteiger partial charge >= 0.3 is 5.97 Å². The molecule has 0 unspecified atom stereocenters. The first-order valence-corrected chi connectivity index (χ1v) is 13.3. The Bertz CT molecular complexity index is 1510. The number of rotatable bonds is 6. The van der Waals surface area contributed by atoms with Crippen molar-refractivity contribution in [2.75, 3.05) is 12.9 Å². The van der Waals surface area contributed by atoms with Crippen molar-refractivity contribution >= 4 is 54.9 Å². The van der Waals surface area contributed by atoms with Gasteiger partial charge in [0.1, 0.15) is 5.82 Å². The number of thioether (sulfide) groups is 1. The fourth-order valence-corrected chi connectivity index (χ4v) is 6.20. The molecule has 37 heavy (non-hydrogen) atoms. The molecule has 2 aromatic rings. The predicted octanol–water partition coefficient (Wildman–Crippen LogP) is 3.70. The molecule has 2 aromatic carbocycles. The summed E-state index contributed by atoms with van der Waals surface area (Å²) in [5, 5.41) is 13.5. The molecule has 1 amide bonds. The molecule has 0 aliphatic carbocycles. The minimum Gasteiger partial charge on any atom is -0.493 e. The van der Waals surface area contributed by atoms with Crippen LogP contribution in [0.2, 0.25) is 0 Å². The highest BCUT2D eigenvalue weighted by atomic mass is 32.3. The van der Waals surface area contributed by atoms with Crippen molar-refractivity contribution in [3.8, 4) is 11.5 Å². The third kappa shape index (κ3) is 5.47. The van der Waals surface area contributed by atoms with Crippen LogP contribution in [0, 0.1) is 17.1 Å². The summed E-state index contributed by atoms with van der Waals surface area (Å²) in [6.45, 7) is 3.52. The van der Waals surface area contributed by atoms with Gasteiger partial charge in [-0.25, -0.2) is 17.6 Å². The van der Waals surface area contributed by atoms with E-state index in [1.165, 1.54) is 49.6 Å².